The predicted molar refractivity (Wildman–Crippen MR) is 79.9 cm³/mol. The molecule has 1 saturated heterocycles. The van der Waals surface area contributed by atoms with Crippen LogP contribution in [0.25, 0.3) is 0 Å². The highest BCUT2D eigenvalue weighted by atomic mass is 35.5. The first-order valence-corrected chi connectivity index (χ1v) is 7.57. The molecule has 112 valence electrons. The average molecular weight is 299 g/mol. The topological polar surface area (TPSA) is 38.7 Å². The van der Waals surface area contributed by atoms with Gasteiger partial charge in [0.25, 0.3) is 0 Å². The van der Waals surface area contributed by atoms with Gasteiger partial charge in [-0.1, -0.05) is 38.1 Å². The van der Waals surface area contributed by atoms with Crippen LogP contribution in [0, 0.1) is 5.92 Å². The van der Waals surface area contributed by atoms with Crippen molar-refractivity contribution in [1.29, 1.82) is 0 Å². The van der Waals surface area contributed by atoms with Crippen molar-refractivity contribution in [1.82, 2.24) is 0 Å². The van der Waals surface area contributed by atoms with Crippen LogP contribution < -0.4 is 0 Å². The highest BCUT2D eigenvalue weighted by Gasteiger charge is 2.46. The minimum absolute atomic E-state index is 0.0587. The number of benzene rings is 1. The summed E-state index contributed by atoms with van der Waals surface area (Å²) in [5, 5.41) is 8.88. The molecule has 3 nitrogen and oxygen atoms in total. The van der Waals surface area contributed by atoms with Crippen molar-refractivity contribution in [2.75, 3.05) is 13.2 Å². The monoisotopic (exact) mass is 298 g/mol. The Bertz CT molecular complexity index is 430. The third-order valence-electron chi connectivity index (χ3n) is 3.55. The van der Waals surface area contributed by atoms with Crippen LogP contribution in [-0.4, -0.2) is 29.8 Å². The van der Waals surface area contributed by atoms with Gasteiger partial charge in [0.15, 0.2) is 0 Å². The van der Waals surface area contributed by atoms with Crippen LogP contribution in [-0.2, 0) is 21.7 Å². The first-order chi connectivity index (χ1) is 9.48. The van der Waals surface area contributed by atoms with Crippen LogP contribution in [0.1, 0.15) is 31.9 Å². The number of rotatable bonds is 5. The minimum atomic E-state index is -0.953. The fourth-order valence-electron chi connectivity index (χ4n) is 2.56. The maximum Gasteiger partial charge on any atom is 0.212 e. The Kier molecular flexibility index (Phi) is 5.08. The lowest BCUT2D eigenvalue weighted by Crippen LogP contribution is -2.36. The van der Waals surface area contributed by atoms with E-state index >= 15 is 0 Å². The van der Waals surface area contributed by atoms with E-state index in [0.717, 1.165) is 12.0 Å². The first-order valence-electron chi connectivity index (χ1n) is 7.14. The fourth-order valence-corrected chi connectivity index (χ4v) is 2.80. The Morgan fingerprint density at radius 2 is 1.95 bits per heavy atom. The van der Waals surface area contributed by atoms with Crippen LogP contribution in [0.2, 0.25) is 0 Å². The van der Waals surface area contributed by atoms with Crippen LogP contribution in [0.15, 0.2) is 24.3 Å². The fraction of sp³-hybridized carbons (Fsp3) is 0.625. The standard InChI is InChI=1S/C16H23ClO3/c1-11(2)8-13-4-6-14(7-5-13)16(12(3)17)19-10-15(9-18)20-16/h4-7,11-12,15,18H,8-10H2,1-3H3. The zero-order valence-corrected chi connectivity index (χ0v) is 13.1. The van der Waals surface area contributed by atoms with E-state index in [4.69, 9.17) is 21.1 Å². The van der Waals surface area contributed by atoms with Gasteiger partial charge >= 0.3 is 0 Å². The molecule has 1 N–H and O–H groups in total. The van der Waals surface area contributed by atoms with Gasteiger partial charge in [-0.3, -0.25) is 0 Å². The molecule has 0 radical (unpaired) electrons. The Balaban J connectivity index is 2.23. The third-order valence-corrected chi connectivity index (χ3v) is 3.84. The zero-order chi connectivity index (χ0) is 14.8. The molecule has 1 heterocycles. The van der Waals surface area contributed by atoms with E-state index in [1.807, 2.05) is 19.1 Å². The predicted octanol–water partition coefficient (Wildman–Crippen LogP) is 3.07. The lowest BCUT2D eigenvalue weighted by atomic mass is 9.97. The van der Waals surface area contributed by atoms with Gasteiger partial charge in [0.2, 0.25) is 5.79 Å². The molecule has 20 heavy (non-hydrogen) atoms. The SMILES string of the molecule is CC(C)Cc1ccc(C2(C(C)Cl)OCC(CO)O2)cc1. The number of alkyl halides is 1. The molecule has 0 aromatic heterocycles. The second-order valence-corrected chi connectivity index (χ2v) is 6.47. The van der Waals surface area contributed by atoms with E-state index in [2.05, 4.69) is 26.0 Å². The normalized spacial score (nSPS) is 28.0. The molecule has 0 spiro atoms. The van der Waals surface area contributed by atoms with E-state index in [9.17, 15) is 5.11 Å². The number of halogens is 1. The molecule has 3 atom stereocenters. The average Bonchev–Trinajstić information content (AvgIpc) is 2.84. The van der Waals surface area contributed by atoms with Crippen molar-refractivity contribution < 1.29 is 14.6 Å². The molecular formula is C16H23ClO3. The second kappa shape index (κ2) is 6.44. The summed E-state index contributed by atoms with van der Waals surface area (Å²) in [5.41, 5.74) is 2.20. The Morgan fingerprint density at radius 1 is 1.30 bits per heavy atom. The molecule has 0 bridgehead atoms. The van der Waals surface area contributed by atoms with Gasteiger partial charge in [0.05, 0.1) is 18.6 Å². The smallest absolute Gasteiger partial charge is 0.212 e. The summed E-state index contributed by atoms with van der Waals surface area (Å²) in [6, 6.07) is 8.21. The Morgan fingerprint density at radius 3 is 2.40 bits per heavy atom. The quantitative estimate of drug-likeness (QED) is 0.849. The number of hydrogen-bond donors (Lipinski definition) is 1. The van der Waals surface area contributed by atoms with Crippen molar-refractivity contribution in [3.05, 3.63) is 35.4 Å². The Hall–Kier alpha value is -0.610. The molecule has 2 rings (SSSR count). The minimum Gasteiger partial charge on any atom is -0.394 e. The number of aliphatic hydroxyl groups is 1. The van der Waals surface area contributed by atoms with Crippen molar-refractivity contribution >= 4 is 11.6 Å². The summed E-state index contributed by atoms with van der Waals surface area (Å²) in [4.78, 5) is 0. The highest BCUT2D eigenvalue weighted by molar-refractivity contribution is 6.21. The maximum atomic E-state index is 9.22. The van der Waals surface area contributed by atoms with Crippen LogP contribution in [0.5, 0.6) is 0 Å². The van der Waals surface area contributed by atoms with Gasteiger partial charge in [0.1, 0.15) is 6.10 Å². The van der Waals surface area contributed by atoms with Crippen molar-refractivity contribution in [2.45, 2.75) is 44.5 Å². The van der Waals surface area contributed by atoms with Gasteiger partial charge in [-0.2, -0.15) is 0 Å². The number of ether oxygens (including phenoxy) is 2. The van der Waals surface area contributed by atoms with Crippen molar-refractivity contribution in [3.63, 3.8) is 0 Å². The van der Waals surface area contributed by atoms with E-state index < -0.39 is 5.79 Å². The molecule has 1 aromatic rings. The summed E-state index contributed by atoms with van der Waals surface area (Å²) >= 11 is 6.29. The Labute approximate surface area is 125 Å². The number of hydrogen-bond acceptors (Lipinski definition) is 3. The van der Waals surface area contributed by atoms with Crippen LogP contribution in [0.3, 0.4) is 0 Å². The van der Waals surface area contributed by atoms with Crippen LogP contribution >= 0.6 is 11.6 Å². The lowest BCUT2D eigenvalue weighted by Gasteiger charge is -2.31. The molecule has 0 amide bonds. The molecule has 1 fully saturated rings. The van der Waals surface area contributed by atoms with Crippen LogP contribution in [0.4, 0.5) is 0 Å². The van der Waals surface area contributed by atoms with E-state index in [-0.39, 0.29) is 18.1 Å². The molecule has 0 saturated carbocycles. The summed E-state index contributed by atoms with van der Waals surface area (Å²) < 4.78 is 11.7. The van der Waals surface area contributed by atoms with E-state index in [1.54, 1.807) is 0 Å². The van der Waals surface area contributed by atoms with Crippen molar-refractivity contribution in [3.8, 4) is 0 Å². The molecule has 1 aliphatic heterocycles. The summed E-state index contributed by atoms with van der Waals surface area (Å²) in [6.45, 7) is 6.55. The molecule has 3 unspecified atom stereocenters. The third kappa shape index (κ3) is 3.17. The van der Waals surface area contributed by atoms with Gasteiger partial charge in [-0.15, -0.1) is 11.6 Å². The van der Waals surface area contributed by atoms with Gasteiger partial charge in [-0.25, -0.2) is 0 Å². The van der Waals surface area contributed by atoms with E-state index in [1.165, 1.54) is 5.56 Å². The molecule has 1 aliphatic rings. The summed E-state index contributed by atoms with van der Waals surface area (Å²) in [7, 11) is 0. The van der Waals surface area contributed by atoms with Gasteiger partial charge in [0, 0.05) is 5.56 Å². The molecule has 1 aromatic carbocycles. The maximum absolute atomic E-state index is 9.22. The number of aliphatic hydroxyl groups excluding tert-OH is 1. The first kappa shape index (κ1) is 15.8. The van der Waals surface area contributed by atoms with Gasteiger partial charge in [-0.05, 0) is 24.8 Å². The molecular weight excluding hydrogens is 276 g/mol. The zero-order valence-electron chi connectivity index (χ0n) is 12.3. The van der Waals surface area contributed by atoms with Gasteiger partial charge < -0.3 is 14.6 Å². The largest absolute Gasteiger partial charge is 0.394 e. The van der Waals surface area contributed by atoms with E-state index in [0.29, 0.717) is 12.5 Å². The molecule has 0 aliphatic carbocycles. The molecule has 4 heteroatoms. The summed E-state index contributed by atoms with van der Waals surface area (Å²) in [5.74, 6) is -0.329. The lowest BCUT2D eigenvalue weighted by molar-refractivity contribution is -0.178. The summed E-state index contributed by atoms with van der Waals surface area (Å²) in [6.07, 6.45) is 0.733. The van der Waals surface area contributed by atoms with Crippen molar-refractivity contribution in [2.24, 2.45) is 5.92 Å². The highest BCUT2D eigenvalue weighted by Crippen LogP contribution is 2.39. The second-order valence-electron chi connectivity index (χ2n) is 5.81.